The van der Waals surface area contributed by atoms with Gasteiger partial charge in [-0.1, -0.05) is 6.42 Å². The van der Waals surface area contributed by atoms with Gasteiger partial charge in [0.05, 0.1) is 0 Å². The first kappa shape index (κ1) is 16.2. The number of piperidine rings is 1. The molecule has 0 aromatic carbocycles. The average Bonchev–Trinajstić information content (AvgIpc) is 2.76. The van der Waals surface area contributed by atoms with Crippen LogP contribution >= 0.6 is 12.4 Å². The van der Waals surface area contributed by atoms with Crippen molar-refractivity contribution < 1.29 is 8.42 Å². The molecule has 2 rings (SSSR count). The van der Waals surface area contributed by atoms with Crippen LogP contribution in [0.1, 0.15) is 39.0 Å². The van der Waals surface area contributed by atoms with E-state index in [9.17, 15) is 8.42 Å². The summed E-state index contributed by atoms with van der Waals surface area (Å²) in [7, 11) is -3.29. The van der Waals surface area contributed by atoms with E-state index in [-0.39, 0.29) is 24.5 Å². The minimum Gasteiger partial charge on any atom is -0.329 e. The second-order valence-electron chi connectivity index (χ2n) is 5.11. The molecule has 2 heterocycles. The SMILES string of the molecule is CC1CCCN1S(=O)(=O)N1CCCCC1CN.Cl. The lowest BCUT2D eigenvalue weighted by atomic mass is 10.1. The summed E-state index contributed by atoms with van der Waals surface area (Å²) in [6, 6.07) is 0.141. The lowest BCUT2D eigenvalue weighted by Crippen LogP contribution is -2.53. The van der Waals surface area contributed by atoms with Crippen LogP contribution < -0.4 is 5.73 Å². The van der Waals surface area contributed by atoms with Crippen LogP contribution in [0, 0.1) is 0 Å². The van der Waals surface area contributed by atoms with Gasteiger partial charge in [0.25, 0.3) is 10.2 Å². The quantitative estimate of drug-likeness (QED) is 0.843. The molecule has 18 heavy (non-hydrogen) atoms. The van der Waals surface area contributed by atoms with Gasteiger partial charge >= 0.3 is 0 Å². The first-order chi connectivity index (χ1) is 8.07. The van der Waals surface area contributed by atoms with E-state index in [0.717, 1.165) is 32.1 Å². The van der Waals surface area contributed by atoms with E-state index in [1.54, 1.807) is 8.61 Å². The molecular formula is C11H24ClN3O2S. The van der Waals surface area contributed by atoms with E-state index < -0.39 is 10.2 Å². The lowest BCUT2D eigenvalue weighted by Gasteiger charge is -2.37. The van der Waals surface area contributed by atoms with Gasteiger partial charge in [-0.3, -0.25) is 0 Å². The number of nitrogens with zero attached hydrogens (tertiary/aromatic N) is 2. The Bertz CT molecular complexity index is 363. The highest BCUT2D eigenvalue weighted by molar-refractivity contribution is 7.86. The largest absolute Gasteiger partial charge is 0.329 e. The minimum absolute atomic E-state index is 0. The second-order valence-corrected chi connectivity index (χ2v) is 6.94. The Morgan fingerprint density at radius 1 is 1.11 bits per heavy atom. The molecule has 0 radical (unpaired) electrons. The summed E-state index contributed by atoms with van der Waals surface area (Å²) < 4.78 is 28.4. The van der Waals surface area contributed by atoms with Crippen molar-refractivity contribution in [3.8, 4) is 0 Å². The summed E-state index contributed by atoms with van der Waals surface area (Å²) in [5.74, 6) is 0. The van der Waals surface area contributed by atoms with Crippen LogP contribution in [0.15, 0.2) is 0 Å². The van der Waals surface area contributed by atoms with Gasteiger partial charge in [0.15, 0.2) is 0 Å². The van der Waals surface area contributed by atoms with Crippen molar-refractivity contribution in [2.45, 2.75) is 51.1 Å². The van der Waals surface area contributed by atoms with Gasteiger partial charge in [-0.15, -0.1) is 12.4 Å². The Labute approximate surface area is 116 Å². The Kier molecular flexibility index (Phi) is 5.86. The maximum absolute atomic E-state index is 12.6. The molecule has 0 bridgehead atoms. The van der Waals surface area contributed by atoms with Crippen molar-refractivity contribution in [2.24, 2.45) is 5.73 Å². The Morgan fingerprint density at radius 3 is 2.33 bits per heavy atom. The molecule has 0 aliphatic carbocycles. The fraction of sp³-hybridized carbons (Fsp3) is 1.00. The topological polar surface area (TPSA) is 66.6 Å². The lowest BCUT2D eigenvalue weighted by molar-refractivity contribution is 0.234. The fourth-order valence-electron chi connectivity index (χ4n) is 2.90. The molecule has 0 aromatic heterocycles. The number of hydrogen-bond acceptors (Lipinski definition) is 3. The second kappa shape index (κ2) is 6.52. The number of nitrogens with two attached hydrogens (primary N) is 1. The van der Waals surface area contributed by atoms with Crippen LogP contribution in [0.3, 0.4) is 0 Å². The standard InChI is InChI=1S/C11H23N3O2S.ClH/c1-10-5-4-8-13(10)17(15,16)14-7-3-2-6-11(14)9-12;/h10-11H,2-9,12H2,1H3;1H. The van der Waals surface area contributed by atoms with Gasteiger partial charge in [0.1, 0.15) is 0 Å². The van der Waals surface area contributed by atoms with Crippen molar-refractivity contribution in [1.82, 2.24) is 8.61 Å². The maximum atomic E-state index is 12.6. The molecule has 0 aromatic rings. The van der Waals surface area contributed by atoms with Gasteiger partial charge in [0, 0.05) is 31.7 Å². The Hall–Kier alpha value is 0.120. The summed E-state index contributed by atoms with van der Waals surface area (Å²) in [5.41, 5.74) is 5.70. The molecule has 5 nitrogen and oxygen atoms in total. The molecule has 0 amide bonds. The van der Waals surface area contributed by atoms with Crippen molar-refractivity contribution in [3.63, 3.8) is 0 Å². The van der Waals surface area contributed by atoms with Crippen LogP contribution in [0.4, 0.5) is 0 Å². The van der Waals surface area contributed by atoms with Gasteiger partial charge in [-0.25, -0.2) is 0 Å². The zero-order chi connectivity index (χ0) is 12.5. The smallest absolute Gasteiger partial charge is 0.282 e. The van der Waals surface area contributed by atoms with E-state index >= 15 is 0 Å². The maximum Gasteiger partial charge on any atom is 0.282 e. The molecule has 2 fully saturated rings. The van der Waals surface area contributed by atoms with E-state index in [0.29, 0.717) is 19.6 Å². The highest BCUT2D eigenvalue weighted by Gasteiger charge is 2.39. The molecular weight excluding hydrogens is 274 g/mol. The van der Waals surface area contributed by atoms with Gasteiger partial charge in [-0.2, -0.15) is 17.0 Å². The summed E-state index contributed by atoms with van der Waals surface area (Å²) >= 11 is 0. The van der Waals surface area contributed by atoms with Gasteiger partial charge < -0.3 is 5.73 Å². The van der Waals surface area contributed by atoms with Crippen molar-refractivity contribution in [3.05, 3.63) is 0 Å². The van der Waals surface area contributed by atoms with Gasteiger partial charge in [-0.05, 0) is 32.6 Å². The van der Waals surface area contributed by atoms with Crippen LogP contribution in [-0.2, 0) is 10.2 Å². The fourth-order valence-corrected chi connectivity index (χ4v) is 5.02. The zero-order valence-corrected chi connectivity index (χ0v) is 12.5. The third kappa shape index (κ3) is 2.99. The summed E-state index contributed by atoms with van der Waals surface area (Å²) in [5, 5.41) is 0. The average molecular weight is 298 g/mol. The summed E-state index contributed by atoms with van der Waals surface area (Å²) in [6.45, 7) is 3.72. The molecule has 0 saturated carbocycles. The van der Waals surface area contributed by atoms with Gasteiger partial charge in [0.2, 0.25) is 0 Å². The normalized spacial score (nSPS) is 31.2. The Balaban J connectivity index is 0.00000162. The molecule has 2 N–H and O–H groups in total. The van der Waals surface area contributed by atoms with Crippen molar-refractivity contribution in [2.75, 3.05) is 19.6 Å². The summed E-state index contributed by atoms with van der Waals surface area (Å²) in [4.78, 5) is 0. The molecule has 2 saturated heterocycles. The third-order valence-corrected chi connectivity index (χ3v) is 6.14. The third-order valence-electron chi connectivity index (χ3n) is 3.93. The van der Waals surface area contributed by atoms with Crippen LogP contribution in [0.25, 0.3) is 0 Å². The van der Waals surface area contributed by atoms with Crippen LogP contribution in [0.5, 0.6) is 0 Å². The number of hydrogen-bond donors (Lipinski definition) is 1. The molecule has 2 aliphatic heterocycles. The first-order valence-electron chi connectivity index (χ1n) is 6.56. The van der Waals surface area contributed by atoms with Crippen LogP contribution in [-0.4, -0.2) is 48.7 Å². The number of rotatable bonds is 3. The first-order valence-corrected chi connectivity index (χ1v) is 7.95. The molecule has 2 atom stereocenters. The molecule has 108 valence electrons. The predicted molar refractivity (Wildman–Crippen MR) is 75.0 cm³/mol. The van der Waals surface area contributed by atoms with E-state index in [2.05, 4.69) is 0 Å². The molecule has 2 aliphatic rings. The Morgan fingerprint density at radius 2 is 1.78 bits per heavy atom. The van der Waals surface area contributed by atoms with Crippen molar-refractivity contribution in [1.29, 1.82) is 0 Å². The van der Waals surface area contributed by atoms with E-state index in [1.165, 1.54) is 0 Å². The predicted octanol–water partition coefficient (Wildman–Crippen LogP) is 0.950. The van der Waals surface area contributed by atoms with Crippen LogP contribution in [0.2, 0.25) is 0 Å². The minimum atomic E-state index is -3.29. The zero-order valence-electron chi connectivity index (χ0n) is 10.9. The monoisotopic (exact) mass is 297 g/mol. The molecule has 0 spiro atoms. The van der Waals surface area contributed by atoms with Crippen molar-refractivity contribution >= 4 is 22.6 Å². The summed E-state index contributed by atoms with van der Waals surface area (Å²) in [6.07, 6.45) is 4.89. The van der Waals surface area contributed by atoms with E-state index in [1.807, 2.05) is 6.92 Å². The van der Waals surface area contributed by atoms with E-state index in [4.69, 9.17) is 5.73 Å². The number of halogens is 1. The molecule has 2 unspecified atom stereocenters. The highest BCUT2D eigenvalue weighted by atomic mass is 35.5. The molecule has 7 heteroatoms. The highest BCUT2D eigenvalue weighted by Crippen LogP contribution is 2.27.